The van der Waals surface area contributed by atoms with Gasteiger partial charge in [0, 0.05) is 12.2 Å². The van der Waals surface area contributed by atoms with E-state index < -0.39 is 26.0 Å². The Balaban J connectivity index is 2.35. The molecule has 0 radical (unpaired) electrons. The van der Waals surface area contributed by atoms with Gasteiger partial charge in [0.25, 0.3) is 0 Å². The predicted octanol–water partition coefficient (Wildman–Crippen LogP) is 4.36. The van der Waals surface area contributed by atoms with Crippen LogP contribution in [-0.2, 0) is 25.3 Å². The molecule has 0 bridgehead atoms. The van der Waals surface area contributed by atoms with E-state index in [1.165, 1.54) is 7.11 Å². The fourth-order valence-electron chi connectivity index (χ4n) is 3.24. The third-order valence-electron chi connectivity index (χ3n) is 6.12. The Morgan fingerprint density at radius 3 is 2.55 bits per heavy atom. The SMILES string of the molecule is CCOc1ccc(C(O)C2(C(=O)OC)CCCO2)cc1CO[Si](C)(C)C(C)(C)C. The van der Waals surface area contributed by atoms with E-state index >= 15 is 0 Å². The first-order valence-electron chi connectivity index (χ1n) is 10.3. The van der Waals surface area contributed by atoms with Crippen LogP contribution in [0.1, 0.15) is 57.8 Å². The van der Waals surface area contributed by atoms with Gasteiger partial charge in [-0.25, -0.2) is 4.79 Å². The van der Waals surface area contributed by atoms with Crippen molar-refractivity contribution in [2.45, 2.75) is 77.0 Å². The highest BCUT2D eigenvalue weighted by atomic mass is 28.4. The Labute approximate surface area is 175 Å². The van der Waals surface area contributed by atoms with Crippen molar-refractivity contribution in [3.8, 4) is 5.75 Å². The largest absolute Gasteiger partial charge is 0.494 e. The number of hydrogen-bond acceptors (Lipinski definition) is 6. The molecule has 29 heavy (non-hydrogen) atoms. The van der Waals surface area contributed by atoms with Gasteiger partial charge >= 0.3 is 5.97 Å². The van der Waals surface area contributed by atoms with Crippen LogP contribution in [0, 0.1) is 0 Å². The minimum Gasteiger partial charge on any atom is -0.494 e. The molecule has 164 valence electrons. The molecule has 6 nitrogen and oxygen atoms in total. The highest BCUT2D eigenvalue weighted by Crippen LogP contribution is 2.41. The molecule has 1 saturated heterocycles. The molecule has 0 saturated carbocycles. The molecular formula is C22H36O6Si. The number of aliphatic hydroxyl groups is 1. The van der Waals surface area contributed by atoms with Crippen LogP contribution < -0.4 is 4.74 Å². The number of methoxy groups -OCH3 is 1. The summed E-state index contributed by atoms with van der Waals surface area (Å²) >= 11 is 0. The van der Waals surface area contributed by atoms with E-state index in [1.54, 1.807) is 6.07 Å². The summed E-state index contributed by atoms with van der Waals surface area (Å²) in [6.07, 6.45) is -0.00581. The zero-order valence-corrected chi connectivity index (χ0v) is 19.8. The molecule has 1 heterocycles. The third kappa shape index (κ3) is 5.02. The van der Waals surface area contributed by atoms with Crippen molar-refractivity contribution >= 4 is 14.3 Å². The fourth-order valence-corrected chi connectivity index (χ4v) is 4.19. The molecule has 1 N–H and O–H groups in total. The summed E-state index contributed by atoms with van der Waals surface area (Å²) in [5, 5.41) is 11.2. The van der Waals surface area contributed by atoms with Gasteiger partial charge < -0.3 is 23.7 Å². The summed E-state index contributed by atoms with van der Waals surface area (Å²) in [5.74, 6) is 0.178. The lowest BCUT2D eigenvalue weighted by Crippen LogP contribution is -2.45. The van der Waals surface area contributed by atoms with Gasteiger partial charge in [-0.2, -0.15) is 0 Å². The zero-order chi connectivity index (χ0) is 21.9. The molecule has 2 unspecified atom stereocenters. The summed E-state index contributed by atoms with van der Waals surface area (Å²) in [6, 6.07) is 5.46. The summed E-state index contributed by atoms with van der Waals surface area (Å²) in [7, 11) is -0.644. The van der Waals surface area contributed by atoms with Crippen molar-refractivity contribution in [3.05, 3.63) is 29.3 Å². The van der Waals surface area contributed by atoms with Gasteiger partial charge in [0.15, 0.2) is 13.9 Å². The molecule has 0 aromatic heterocycles. The molecule has 0 spiro atoms. The number of esters is 1. The molecule has 2 rings (SSSR count). The maximum absolute atomic E-state index is 12.4. The molecule has 2 atom stereocenters. The van der Waals surface area contributed by atoms with Crippen molar-refractivity contribution in [2.24, 2.45) is 0 Å². The van der Waals surface area contributed by atoms with Gasteiger partial charge in [0.2, 0.25) is 0 Å². The standard InChI is InChI=1S/C22H36O6Si/c1-8-26-18-11-10-16(14-17(18)15-28-29(6,7)21(2,3)4)19(23)22(20(24)25-5)12-9-13-27-22/h10-11,14,19,23H,8-9,12-13,15H2,1-7H3. The van der Waals surface area contributed by atoms with Gasteiger partial charge in [-0.15, -0.1) is 0 Å². The van der Waals surface area contributed by atoms with E-state index in [2.05, 4.69) is 33.9 Å². The second-order valence-electron chi connectivity index (χ2n) is 9.08. The van der Waals surface area contributed by atoms with Crippen LogP contribution >= 0.6 is 0 Å². The molecule has 1 aliphatic heterocycles. The molecule has 1 aromatic rings. The topological polar surface area (TPSA) is 74.2 Å². The maximum Gasteiger partial charge on any atom is 0.341 e. The summed E-state index contributed by atoms with van der Waals surface area (Å²) in [4.78, 5) is 12.4. The maximum atomic E-state index is 12.4. The summed E-state index contributed by atoms with van der Waals surface area (Å²) < 4.78 is 22.8. The van der Waals surface area contributed by atoms with Crippen molar-refractivity contribution < 1.29 is 28.5 Å². The Morgan fingerprint density at radius 2 is 2.03 bits per heavy atom. The predicted molar refractivity (Wildman–Crippen MR) is 114 cm³/mol. The number of aliphatic hydroxyl groups excluding tert-OH is 1. The van der Waals surface area contributed by atoms with Crippen LogP contribution in [0.25, 0.3) is 0 Å². The molecule has 0 aliphatic carbocycles. The minimum absolute atomic E-state index is 0.0858. The van der Waals surface area contributed by atoms with Crippen LogP contribution in [0.15, 0.2) is 18.2 Å². The summed E-state index contributed by atoms with van der Waals surface area (Å²) in [6.45, 7) is 14.3. The average molecular weight is 425 g/mol. The first-order valence-corrected chi connectivity index (χ1v) is 13.2. The third-order valence-corrected chi connectivity index (χ3v) is 10.6. The Hall–Kier alpha value is -1.41. The average Bonchev–Trinajstić information content (AvgIpc) is 3.16. The van der Waals surface area contributed by atoms with Crippen molar-refractivity contribution in [2.75, 3.05) is 20.3 Å². The van der Waals surface area contributed by atoms with Gasteiger partial charge in [0.1, 0.15) is 11.9 Å². The number of ether oxygens (including phenoxy) is 3. The van der Waals surface area contributed by atoms with Crippen LogP contribution in [-0.4, -0.2) is 45.3 Å². The molecule has 1 fully saturated rings. The lowest BCUT2D eigenvalue weighted by Gasteiger charge is -2.36. The molecule has 0 amide bonds. The van der Waals surface area contributed by atoms with E-state index in [4.69, 9.17) is 18.6 Å². The van der Waals surface area contributed by atoms with Gasteiger partial charge in [-0.1, -0.05) is 26.8 Å². The van der Waals surface area contributed by atoms with Crippen LogP contribution in [0.2, 0.25) is 18.1 Å². The van der Waals surface area contributed by atoms with E-state index in [9.17, 15) is 9.90 Å². The number of hydrogen-bond donors (Lipinski definition) is 1. The monoisotopic (exact) mass is 424 g/mol. The quantitative estimate of drug-likeness (QED) is 0.494. The normalized spacial score (nSPS) is 21.1. The number of rotatable bonds is 8. The zero-order valence-electron chi connectivity index (χ0n) is 18.8. The van der Waals surface area contributed by atoms with Crippen LogP contribution in [0.3, 0.4) is 0 Å². The van der Waals surface area contributed by atoms with Crippen LogP contribution in [0.4, 0.5) is 0 Å². The van der Waals surface area contributed by atoms with E-state index in [1.807, 2.05) is 19.1 Å². The Kier molecular flexibility index (Phi) is 7.54. The minimum atomic E-state index is -1.96. The van der Waals surface area contributed by atoms with Crippen LogP contribution in [0.5, 0.6) is 5.75 Å². The number of carbonyl (C=O) groups excluding carboxylic acids is 1. The van der Waals surface area contributed by atoms with Crippen molar-refractivity contribution in [1.29, 1.82) is 0 Å². The second-order valence-corrected chi connectivity index (χ2v) is 13.9. The lowest BCUT2D eigenvalue weighted by molar-refractivity contribution is -0.178. The van der Waals surface area contributed by atoms with E-state index in [0.717, 1.165) is 11.3 Å². The highest BCUT2D eigenvalue weighted by Gasteiger charge is 2.51. The molecule has 1 aliphatic rings. The summed E-state index contributed by atoms with van der Waals surface area (Å²) in [5.41, 5.74) is 0.0835. The van der Waals surface area contributed by atoms with E-state index in [-0.39, 0.29) is 5.04 Å². The highest BCUT2D eigenvalue weighted by molar-refractivity contribution is 6.74. The van der Waals surface area contributed by atoms with Gasteiger partial charge in [-0.3, -0.25) is 0 Å². The Morgan fingerprint density at radius 1 is 1.34 bits per heavy atom. The first-order chi connectivity index (χ1) is 13.5. The Bertz CT molecular complexity index is 704. The second kappa shape index (κ2) is 9.16. The van der Waals surface area contributed by atoms with E-state index in [0.29, 0.717) is 38.2 Å². The molecular weight excluding hydrogens is 388 g/mol. The first kappa shape index (κ1) is 23.9. The number of benzene rings is 1. The number of carbonyl (C=O) groups is 1. The smallest absolute Gasteiger partial charge is 0.341 e. The van der Waals surface area contributed by atoms with Gasteiger partial charge in [-0.05, 0) is 55.6 Å². The van der Waals surface area contributed by atoms with Gasteiger partial charge in [0.05, 0.1) is 20.3 Å². The fraction of sp³-hybridized carbons (Fsp3) is 0.682. The van der Waals surface area contributed by atoms with Crippen molar-refractivity contribution in [1.82, 2.24) is 0 Å². The molecule has 7 heteroatoms. The molecule has 1 aromatic carbocycles. The lowest BCUT2D eigenvalue weighted by atomic mass is 9.87. The van der Waals surface area contributed by atoms with Crippen molar-refractivity contribution in [3.63, 3.8) is 0 Å².